The van der Waals surface area contributed by atoms with Crippen molar-refractivity contribution in [3.63, 3.8) is 0 Å². The SMILES string of the molecule is O=C(c1cnn(Cc2ccncc2)c1)c1cc(-c2ccccc2)on1. The highest BCUT2D eigenvalue weighted by atomic mass is 16.5. The van der Waals surface area contributed by atoms with E-state index in [0.717, 1.165) is 11.1 Å². The molecule has 4 aromatic rings. The lowest BCUT2D eigenvalue weighted by atomic mass is 10.1. The fraction of sp³-hybridized carbons (Fsp3) is 0.0526. The number of aromatic nitrogens is 4. The molecule has 0 unspecified atom stereocenters. The van der Waals surface area contributed by atoms with Crippen LogP contribution in [0, 0.1) is 0 Å². The summed E-state index contributed by atoms with van der Waals surface area (Å²) in [6.45, 7) is 0.573. The van der Waals surface area contributed by atoms with E-state index in [9.17, 15) is 4.79 Å². The monoisotopic (exact) mass is 330 g/mol. The maximum atomic E-state index is 12.6. The molecule has 0 aliphatic rings. The Morgan fingerprint density at radius 1 is 1.08 bits per heavy atom. The molecule has 0 aliphatic carbocycles. The van der Waals surface area contributed by atoms with Crippen LogP contribution >= 0.6 is 0 Å². The van der Waals surface area contributed by atoms with Crippen LogP contribution in [0.2, 0.25) is 0 Å². The molecule has 0 saturated carbocycles. The minimum Gasteiger partial charge on any atom is -0.356 e. The maximum Gasteiger partial charge on any atom is 0.218 e. The number of carbonyl (C=O) groups is 1. The molecule has 0 atom stereocenters. The molecule has 0 spiro atoms. The molecule has 0 aliphatic heterocycles. The highest BCUT2D eigenvalue weighted by molar-refractivity contribution is 6.07. The predicted octanol–water partition coefficient (Wildman–Crippen LogP) is 3.21. The minimum absolute atomic E-state index is 0.216. The summed E-state index contributed by atoms with van der Waals surface area (Å²) in [5.74, 6) is 0.347. The second kappa shape index (κ2) is 6.52. The number of ketones is 1. The van der Waals surface area contributed by atoms with Crippen LogP contribution in [-0.2, 0) is 6.54 Å². The Hall–Kier alpha value is -3.54. The molecule has 0 radical (unpaired) electrons. The van der Waals surface area contributed by atoms with Crippen LogP contribution in [0.3, 0.4) is 0 Å². The smallest absolute Gasteiger partial charge is 0.218 e. The second-order valence-corrected chi connectivity index (χ2v) is 5.55. The molecule has 0 fully saturated rings. The number of carbonyl (C=O) groups excluding carboxylic acids is 1. The Morgan fingerprint density at radius 3 is 2.68 bits per heavy atom. The van der Waals surface area contributed by atoms with Gasteiger partial charge >= 0.3 is 0 Å². The molecular formula is C19H14N4O2. The molecule has 0 N–H and O–H groups in total. The predicted molar refractivity (Wildman–Crippen MR) is 90.9 cm³/mol. The summed E-state index contributed by atoms with van der Waals surface area (Å²) in [4.78, 5) is 16.6. The van der Waals surface area contributed by atoms with Crippen molar-refractivity contribution in [2.45, 2.75) is 6.54 Å². The minimum atomic E-state index is -0.216. The van der Waals surface area contributed by atoms with Crippen molar-refractivity contribution in [3.05, 3.63) is 90.1 Å². The highest BCUT2D eigenvalue weighted by Crippen LogP contribution is 2.21. The lowest BCUT2D eigenvalue weighted by molar-refractivity contribution is 0.103. The quantitative estimate of drug-likeness (QED) is 0.525. The van der Waals surface area contributed by atoms with E-state index in [1.54, 1.807) is 35.5 Å². The summed E-state index contributed by atoms with van der Waals surface area (Å²) in [7, 11) is 0. The molecule has 6 nitrogen and oxygen atoms in total. The molecule has 0 amide bonds. The summed E-state index contributed by atoms with van der Waals surface area (Å²) in [5, 5.41) is 8.13. The Balaban J connectivity index is 1.53. The molecule has 3 aromatic heterocycles. The molecule has 6 heteroatoms. The number of hydrogen-bond donors (Lipinski definition) is 0. The Morgan fingerprint density at radius 2 is 1.88 bits per heavy atom. The van der Waals surface area contributed by atoms with Gasteiger partial charge in [0.1, 0.15) is 0 Å². The fourth-order valence-electron chi connectivity index (χ4n) is 2.51. The zero-order valence-corrected chi connectivity index (χ0v) is 13.2. The number of rotatable bonds is 5. The van der Waals surface area contributed by atoms with Gasteiger partial charge in [-0.05, 0) is 17.7 Å². The number of nitrogens with zero attached hydrogens (tertiary/aromatic N) is 4. The van der Waals surface area contributed by atoms with Crippen molar-refractivity contribution in [2.24, 2.45) is 0 Å². The average Bonchev–Trinajstić information content (AvgIpc) is 3.33. The highest BCUT2D eigenvalue weighted by Gasteiger charge is 2.17. The van der Waals surface area contributed by atoms with E-state index >= 15 is 0 Å². The maximum absolute atomic E-state index is 12.6. The van der Waals surface area contributed by atoms with Crippen LogP contribution in [0.25, 0.3) is 11.3 Å². The third-order valence-electron chi connectivity index (χ3n) is 3.79. The van der Waals surface area contributed by atoms with Crippen molar-refractivity contribution in [2.75, 3.05) is 0 Å². The van der Waals surface area contributed by atoms with Crippen LogP contribution < -0.4 is 0 Å². The van der Waals surface area contributed by atoms with Gasteiger partial charge < -0.3 is 4.52 Å². The van der Waals surface area contributed by atoms with Gasteiger partial charge in [0, 0.05) is 30.2 Å². The van der Waals surface area contributed by atoms with Gasteiger partial charge in [-0.1, -0.05) is 35.5 Å². The van der Waals surface area contributed by atoms with Crippen LogP contribution in [0.5, 0.6) is 0 Å². The number of pyridine rings is 1. The lowest BCUT2D eigenvalue weighted by Crippen LogP contribution is -2.02. The third-order valence-corrected chi connectivity index (χ3v) is 3.79. The van der Waals surface area contributed by atoms with Crippen LogP contribution in [-0.4, -0.2) is 25.7 Å². The first-order chi connectivity index (χ1) is 12.3. The zero-order chi connectivity index (χ0) is 17.1. The van der Waals surface area contributed by atoms with Crippen molar-refractivity contribution in [3.8, 4) is 11.3 Å². The van der Waals surface area contributed by atoms with Gasteiger partial charge in [0.15, 0.2) is 11.5 Å². The molecule has 1 aromatic carbocycles. The van der Waals surface area contributed by atoms with E-state index in [-0.39, 0.29) is 11.5 Å². The summed E-state index contributed by atoms with van der Waals surface area (Å²) >= 11 is 0. The van der Waals surface area contributed by atoms with Gasteiger partial charge in [0.05, 0.1) is 18.3 Å². The first-order valence-corrected chi connectivity index (χ1v) is 7.78. The van der Waals surface area contributed by atoms with Gasteiger partial charge in [-0.15, -0.1) is 0 Å². The normalized spacial score (nSPS) is 10.7. The fourth-order valence-corrected chi connectivity index (χ4v) is 2.51. The lowest BCUT2D eigenvalue weighted by Gasteiger charge is -2.00. The van der Waals surface area contributed by atoms with E-state index in [1.165, 1.54) is 0 Å². The molecule has 0 bridgehead atoms. The molecule has 122 valence electrons. The summed E-state index contributed by atoms with van der Waals surface area (Å²) < 4.78 is 7.00. The summed E-state index contributed by atoms with van der Waals surface area (Å²) in [5.41, 5.74) is 2.68. The Kier molecular flexibility index (Phi) is 3.92. The van der Waals surface area contributed by atoms with E-state index in [1.807, 2.05) is 42.5 Å². The van der Waals surface area contributed by atoms with Gasteiger partial charge in [0.25, 0.3) is 0 Å². The second-order valence-electron chi connectivity index (χ2n) is 5.55. The van der Waals surface area contributed by atoms with Crippen molar-refractivity contribution in [1.29, 1.82) is 0 Å². The van der Waals surface area contributed by atoms with Gasteiger partial charge in [-0.2, -0.15) is 5.10 Å². The molecular weight excluding hydrogens is 316 g/mol. The van der Waals surface area contributed by atoms with E-state index in [0.29, 0.717) is 17.9 Å². The number of hydrogen-bond acceptors (Lipinski definition) is 5. The summed E-state index contributed by atoms with van der Waals surface area (Å²) in [6.07, 6.45) is 6.71. The van der Waals surface area contributed by atoms with Crippen molar-refractivity contribution < 1.29 is 9.32 Å². The summed E-state index contributed by atoms with van der Waals surface area (Å²) in [6, 6.07) is 15.0. The first-order valence-electron chi connectivity index (χ1n) is 7.78. The largest absolute Gasteiger partial charge is 0.356 e. The van der Waals surface area contributed by atoms with Gasteiger partial charge in [0.2, 0.25) is 5.78 Å². The number of benzene rings is 1. The molecule has 4 rings (SSSR count). The molecule has 3 heterocycles. The van der Waals surface area contributed by atoms with Gasteiger partial charge in [-0.3, -0.25) is 14.5 Å². The zero-order valence-electron chi connectivity index (χ0n) is 13.2. The molecule has 25 heavy (non-hydrogen) atoms. The third kappa shape index (κ3) is 3.23. The Labute approximate surface area is 143 Å². The topological polar surface area (TPSA) is 73.8 Å². The Bertz CT molecular complexity index is 990. The molecule has 0 saturated heterocycles. The van der Waals surface area contributed by atoms with E-state index in [2.05, 4.69) is 15.2 Å². The van der Waals surface area contributed by atoms with Crippen molar-refractivity contribution in [1.82, 2.24) is 19.9 Å². The van der Waals surface area contributed by atoms with Crippen LogP contribution in [0.15, 0.2) is 77.8 Å². The average molecular weight is 330 g/mol. The van der Waals surface area contributed by atoms with Crippen LogP contribution in [0.1, 0.15) is 21.6 Å². The van der Waals surface area contributed by atoms with Crippen LogP contribution in [0.4, 0.5) is 0 Å². The first kappa shape index (κ1) is 15.0. The van der Waals surface area contributed by atoms with E-state index < -0.39 is 0 Å². The van der Waals surface area contributed by atoms with Gasteiger partial charge in [-0.25, -0.2) is 0 Å². The van der Waals surface area contributed by atoms with E-state index in [4.69, 9.17) is 4.52 Å². The standard InChI is InChI=1S/C19H14N4O2/c24-19(17-10-18(25-22-17)15-4-2-1-3-5-15)16-11-21-23(13-16)12-14-6-8-20-9-7-14/h1-11,13H,12H2. The van der Waals surface area contributed by atoms with Crippen molar-refractivity contribution >= 4 is 5.78 Å².